The zero-order valence-electron chi connectivity index (χ0n) is 16.9. The molecule has 6 nitrogen and oxygen atoms in total. The van der Waals surface area contributed by atoms with Crippen LogP contribution in [-0.2, 0) is 16.1 Å². The molecule has 6 heteroatoms. The average Bonchev–Trinajstić information content (AvgIpc) is 3.10. The van der Waals surface area contributed by atoms with Crippen molar-refractivity contribution < 1.29 is 9.59 Å². The van der Waals surface area contributed by atoms with E-state index in [0.29, 0.717) is 19.5 Å². The van der Waals surface area contributed by atoms with Crippen LogP contribution in [0.5, 0.6) is 0 Å². The maximum Gasteiger partial charge on any atom is 0.225 e. The van der Waals surface area contributed by atoms with Gasteiger partial charge in [0, 0.05) is 56.7 Å². The molecule has 2 aromatic rings. The maximum absolute atomic E-state index is 12.7. The zero-order chi connectivity index (χ0) is 20.2. The highest BCUT2D eigenvalue weighted by atomic mass is 16.2. The number of hydrogen-bond donors (Lipinski definition) is 1. The predicted molar refractivity (Wildman–Crippen MR) is 112 cm³/mol. The maximum atomic E-state index is 12.7. The number of anilines is 1. The summed E-state index contributed by atoms with van der Waals surface area (Å²) >= 11 is 0. The quantitative estimate of drug-likeness (QED) is 0.849. The van der Waals surface area contributed by atoms with Gasteiger partial charge in [0.25, 0.3) is 0 Å². The summed E-state index contributed by atoms with van der Waals surface area (Å²) in [4.78, 5) is 33.2. The van der Waals surface area contributed by atoms with Crippen molar-refractivity contribution in [2.45, 2.75) is 38.8 Å². The number of benzene rings is 1. The van der Waals surface area contributed by atoms with Crippen molar-refractivity contribution >= 4 is 17.5 Å². The minimum absolute atomic E-state index is 0.0181. The Morgan fingerprint density at radius 1 is 1.17 bits per heavy atom. The number of aryl methyl sites for hydroxylation is 1. The van der Waals surface area contributed by atoms with Crippen LogP contribution in [0.15, 0.2) is 48.8 Å². The van der Waals surface area contributed by atoms with E-state index in [9.17, 15) is 9.59 Å². The highest BCUT2D eigenvalue weighted by Crippen LogP contribution is 2.23. The van der Waals surface area contributed by atoms with Crippen LogP contribution in [0.25, 0.3) is 0 Å². The zero-order valence-corrected chi connectivity index (χ0v) is 16.9. The van der Waals surface area contributed by atoms with Gasteiger partial charge < -0.3 is 15.1 Å². The summed E-state index contributed by atoms with van der Waals surface area (Å²) in [5.74, 6) is -0.181. The number of carbonyl (C=O) groups is 2. The smallest absolute Gasteiger partial charge is 0.225 e. The van der Waals surface area contributed by atoms with Crippen molar-refractivity contribution in [3.63, 3.8) is 0 Å². The van der Waals surface area contributed by atoms with Crippen LogP contribution in [0, 0.1) is 12.8 Å². The summed E-state index contributed by atoms with van der Waals surface area (Å²) in [7, 11) is 0. The van der Waals surface area contributed by atoms with Gasteiger partial charge in [-0.3, -0.25) is 14.6 Å². The van der Waals surface area contributed by atoms with E-state index in [4.69, 9.17) is 0 Å². The Labute approximate surface area is 171 Å². The largest absolute Gasteiger partial charge is 0.371 e. The van der Waals surface area contributed by atoms with Gasteiger partial charge in [-0.05, 0) is 55.2 Å². The van der Waals surface area contributed by atoms with Crippen molar-refractivity contribution in [2.24, 2.45) is 5.92 Å². The Balaban J connectivity index is 1.26. The van der Waals surface area contributed by atoms with E-state index in [0.717, 1.165) is 31.5 Å². The van der Waals surface area contributed by atoms with Gasteiger partial charge in [-0.1, -0.05) is 12.1 Å². The predicted octanol–water partition coefficient (Wildman–Crippen LogP) is 2.52. The number of piperidine rings is 1. The van der Waals surface area contributed by atoms with Crippen LogP contribution in [0.3, 0.4) is 0 Å². The molecule has 2 fully saturated rings. The molecular weight excluding hydrogens is 364 g/mol. The molecule has 29 heavy (non-hydrogen) atoms. The second-order valence-electron chi connectivity index (χ2n) is 8.14. The molecule has 2 aliphatic rings. The first-order valence-electron chi connectivity index (χ1n) is 10.4. The van der Waals surface area contributed by atoms with E-state index in [2.05, 4.69) is 46.4 Å². The minimum Gasteiger partial charge on any atom is -0.371 e. The highest BCUT2D eigenvalue weighted by molar-refractivity contribution is 5.89. The molecule has 2 aliphatic heterocycles. The van der Waals surface area contributed by atoms with E-state index >= 15 is 0 Å². The molecule has 0 unspecified atom stereocenters. The fraction of sp³-hybridized carbons (Fsp3) is 0.435. The number of amides is 2. The molecule has 1 aromatic heterocycles. The van der Waals surface area contributed by atoms with E-state index in [-0.39, 0.29) is 23.8 Å². The van der Waals surface area contributed by atoms with E-state index < -0.39 is 0 Å². The van der Waals surface area contributed by atoms with Gasteiger partial charge in [0.15, 0.2) is 0 Å². The number of aromatic nitrogens is 1. The van der Waals surface area contributed by atoms with Crippen molar-refractivity contribution in [3.05, 3.63) is 59.9 Å². The molecular formula is C23H28N4O2. The van der Waals surface area contributed by atoms with Crippen LogP contribution in [0.4, 0.5) is 5.69 Å². The van der Waals surface area contributed by atoms with E-state index in [1.165, 1.54) is 11.3 Å². The molecule has 3 heterocycles. The summed E-state index contributed by atoms with van der Waals surface area (Å²) in [6, 6.07) is 12.6. The van der Waals surface area contributed by atoms with Crippen molar-refractivity contribution in [1.29, 1.82) is 0 Å². The highest BCUT2D eigenvalue weighted by Gasteiger charge is 2.35. The molecule has 0 radical (unpaired) electrons. The molecule has 1 N–H and O–H groups in total. The Kier molecular flexibility index (Phi) is 5.79. The fourth-order valence-electron chi connectivity index (χ4n) is 4.23. The van der Waals surface area contributed by atoms with Crippen molar-refractivity contribution in [2.75, 3.05) is 24.5 Å². The number of likely N-dealkylation sites (tertiary alicyclic amines) is 1. The molecule has 0 bridgehead atoms. The third-order valence-electron chi connectivity index (χ3n) is 5.92. The van der Waals surface area contributed by atoms with Gasteiger partial charge >= 0.3 is 0 Å². The average molecular weight is 393 g/mol. The van der Waals surface area contributed by atoms with Crippen LogP contribution >= 0.6 is 0 Å². The van der Waals surface area contributed by atoms with Crippen LogP contribution < -0.4 is 10.2 Å². The van der Waals surface area contributed by atoms with Crippen LogP contribution in [0.1, 0.15) is 30.4 Å². The number of carbonyl (C=O) groups excluding carboxylic acids is 2. The third kappa shape index (κ3) is 4.75. The fourth-order valence-corrected chi connectivity index (χ4v) is 4.23. The van der Waals surface area contributed by atoms with Crippen molar-refractivity contribution in [3.8, 4) is 0 Å². The van der Waals surface area contributed by atoms with Gasteiger partial charge in [-0.2, -0.15) is 0 Å². The Morgan fingerprint density at radius 3 is 2.66 bits per heavy atom. The van der Waals surface area contributed by atoms with Gasteiger partial charge in [0.1, 0.15) is 0 Å². The SMILES string of the molecule is Cc1cccc(N2CCC(NC(=O)[C@@H]3CC(=O)N(Cc4ccncc4)C3)CC2)c1. The number of nitrogens with zero attached hydrogens (tertiary/aromatic N) is 3. The second kappa shape index (κ2) is 8.64. The second-order valence-corrected chi connectivity index (χ2v) is 8.14. The lowest BCUT2D eigenvalue weighted by atomic mass is 10.0. The van der Waals surface area contributed by atoms with Crippen molar-refractivity contribution in [1.82, 2.24) is 15.2 Å². The summed E-state index contributed by atoms with van der Waals surface area (Å²) < 4.78 is 0. The van der Waals surface area contributed by atoms with E-state index in [1.807, 2.05) is 12.1 Å². The summed E-state index contributed by atoms with van der Waals surface area (Å²) in [6.07, 6.45) is 5.62. The minimum atomic E-state index is -0.251. The molecule has 2 amide bonds. The van der Waals surface area contributed by atoms with Gasteiger partial charge in [-0.15, -0.1) is 0 Å². The lowest BCUT2D eigenvalue weighted by Crippen LogP contribution is -2.46. The molecule has 4 rings (SSSR count). The van der Waals surface area contributed by atoms with E-state index in [1.54, 1.807) is 17.3 Å². The topological polar surface area (TPSA) is 65.5 Å². The molecule has 0 saturated carbocycles. The standard InChI is InChI=1S/C23H28N4O2/c1-17-3-2-4-21(13-17)26-11-7-20(8-12-26)25-23(29)19-14-22(28)27(16-19)15-18-5-9-24-10-6-18/h2-6,9-10,13,19-20H,7-8,11-12,14-16H2,1H3,(H,25,29)/t19-/m1/s1. The molecule has 152 valence electrons. The normalized spacial score (nSPS) is 20.2. The first-order valence-corrected chi connectivity index (χ1v) is 10.4. The number of pyridine rings is 1. The number of rotatable bonds is 5. The molecule has 1 atom stereocenters. The van der Waals surface area contributed by atoms with Gasteiger partial charge in [0.05, 0.1) is 5.92 Å². The summed E-state index contributed by atoms with van der Waals surface area (Å²) in [6.45, 7) is 5.02. The van der Waals surface area contributed by atoms with Gasteiger partial charge in [-0.25, -0.2) is 0 Å². The van der Waals surface area contributed by atoms with Crippen LogP contribution in [-0.4, -0.2) is 47.4 Å². The Bertz CT molecular complexity index is 862. The lowest BCUT2D eigenvalue weighted by molar-refractivity contribution is -0.129. The third-order valence-corrected chi connectivity index (χ3v) is 5.92. The monoisotopic (exact) mass is 392 g/mol. The Hall–Kier alpha value is -2.89. The summed E-state index contributed by atoms with van der Waals surface area (Å²) in [5, 5.41) is 3.19. The molecule has 0 aliphatic carbocycles. The number of nitrogens with one attached hydrogen (secondary N) is 1. The first kappa shape index (κ1) is 19.4. The number of hydrogen-bond acceptors (Lipinski definition) is 4. The van der Waals surface area contributed by atoms with Crippen LogP contribution in [0.2, 0.25) is 0 Å². The van der Waals surface area contributed by atoms with Gasteiger partial charge in [0.2, 0.25) is 11.8 Å². The lowest BCUT2D eigenvalue weighted by Gasteiger charge is -2.34. The molecule has 2 saturated heterocycles. The summed E-state index contributed by atoms with van der Waals surface area (Å²) in [5.41, 5.74) is 3.56. The molecule has 1 aromatic carbocycles. The Morgan fingerprint density at radius 2 is 1.93 bits per heavy atom. The molecule has 0 spiro atoms. The first-order chi connectivity index (χ1) is 14.1.